The fraction of sp³-hybridized carbons (Fsp3) is 0.545. The number of carbonyl (C=O) groups excluding carboxylic acids is 1. The molecule has 1 N–H and O–H groups in total. The molecule has 0 bridgehead atoms. The first-order chi connectivity index (χ1) is 18.6. The largest absolute Gasteiger partial charge is 0.473 e. The van der Waals surface area contributed by atoms with Crippen LogP contribution in [0.3, 0.4) is 0 Å². The number of nitrogens with one attached hydrogen (secondary N) is 1. The average Bonchev–Trinajstić information content (AvgIpc) is 3.69. The lowest BCUT2D eigenvalue weighted by Gasteiger charge is -2.20. The molecule has 1 heterocycles. The van der Waals surface area contributed by atoms with Crippen LogP contribution < -0.4 is 9.46 Å². The molecule has 42 heavy (non-hydrogen) atoms. The van der Waals surface area contributed by atoms with E-state index in [2.05, 4.69) is 9.71 Å². The summed E-state index contributed by atoms with van der Waals surface area (Å²) in [5.74, 6) is 0.427. The third-order valence-electron chi connectivity index (χ3n) is 5.17. The highest BCUT2D eigenvalue weighted by atomic mass is 32.2. The van der Waals surface area contributed by atoms with E-state index < -0.39 is 10.0 Å². The number of hydrogen-bond acceptors (Lipinski definition) is 7. The maximum absolute atomic E-state index is 11.1. The molecule has 4 rings (SSSR count). The van der Waals surface area contributed by atoms with Gasteiger partial charge in [-0.2, -0.15) is 0 Å². The number of esters is 1. The SMILES string of the molecule is C.C.CC(C)C(=O)OC(C)(C)C.CC(C)NS(=O)(=O)C1CC1.CC(C)Oc1nc2ccccc2nc1-c1ccccc1. The molecule has 236 valence electrons. The molecule has 0 atom stereocenters. The van der Waals surface area contributed by atoms with E-state index in [0.29, 0.717) is 5.88 Å². The van der Waals surface area contributed by atoms with Crippen LogP contribution in [0.2, 0.25) is 0 Å². The third-order valence-corrected chi connectivity index (χ3v) is 7.32. The Morgan fingerprint density at radius 2 is 1.36 bits per heavy atom. The van der Waals surface area contributed by atoms with Crippen molar-refractivity contribution in [3.05, 3.63) is 54.6 Å². The molecule has 0 unspecified atom stereocenters. The van der Waals surface area contributed by atoms with Gasteiger partial charge in [0.2, 0.25) is 15.9 Å². The maximum atomic E-state index is 11.1. The molecule has 2 aromatic carbocycles. The van der Waals surface area contributed by atoms with E-state index >= 15 is 0 Å². The average molecular weight is 604 g/mol. The number of fused-ring (bicyclic) bond motifs is 1. The van der Waals surface area contributed by atoms with Crippen molar-refractivity contribution < 1.29 is 22.7 Å². The zero-order valence-corrected chi connectivity index (χ0v) is 26.1. The summed E-state index contributed by atoms with van der Waals surface area (Å²) < 4.78 is 35.6. The summed E-state index contributed by atoms with van der Waals surface area (Å²) in [5.41, 5.74) is 3.19. The van der Waals surface area contributed by atoms with Crippen LogP contribution in [0, 0.1) is 5.92 Å². The van der Waals surface area contributed by atoms with Gasteiger partial charge in [0.05, 0.1) is 28.3 Å². The molecule has 0 saturated heterocycles. The topological polar surface area (TPSA) is 107 Å². The quantitative estimate of drug-likeness (QED) is 0.274. The predicted octanol–water partition coefficient (Wildman–Crippen LogP) is 7.82. The lowest BCUT2D eigenvalue weighted by Crippen LogP contribution is -2.32. The Kier molecular flexibility index (Phi) is 15.9. The Hall–Kier alpha value is -3.04. The van der Waals surface area contributed by atoms with Gasteiger partial charge in [-0.25, -0.2) is 23.1 Å². The van der Waals surface area contributed by atoms with Crippen molar-refractivity contribution in [1.29, 1.82) is 0 Å². The normalized spacial score (nSPS) is 12.8. The van der Waals surface area contributed by atoms with E-state index in [4.69, 9.17) is 14.5 Å². The molecule has 1 aromatic heterocycles. The molecule has 8 nitrogen and oxygen atoms in total. The van der Waals surface area contributed by atoms with Crippen molar-refractivity contribution in [2.75, 3.05) is 0 Å². The zero-order valence-electron chi connectivity index (χ0n) is 25.3. The van der Waals surface area contributed by atoms with Crippen molar-refractivity contribution in [3.8, 4) is 17.1 Å². The number of rotatable bonds is 7. The number of aromatic nitrogens is 2. The van der Waals surface area contributed by atoms with Crippen LogP contribution in [0.1, 0.15) is 90.0 Å². The number of nitrogens with zero attached hydrogens (tertiary/aromatic N) is 2. The van der Waals surface area contributed by atoms with E-state index in [9.17, 15) is 13.2 Å². The van der Waals surface area contributed by atoms with Gasteiger partial charge in [0.15, 0.2) is 0 Å². The van der Waals surface area contributed by atoms with Crippen molar-refractivity contribution >= 4 is 27.0 Å². The van der Waals surface area contributed by atoms with Gasteiger partial charge in [0.1, 0.15) is 11.3 Å². The lowest BCUT2D eigenvalue weighted by atomic mass is 10.1. The van der Waals surface area contributed by atoms with E-state index in [0.717, 1.165) is 35.1 Å². The van der Waals surface area contributed by atoms with Gasteiger partial charge in [-0.3, -0.25) is 4.79 Å². The molecule has 0 amide bonds. The van der Waals surface area contributed by atoms with E-state index in [-0.39, 0.29) is 49.7 Å². The highest BCUT2D eigenvalue weighted by Gasteiger charge is 2.35. The van der Waals surface area contributed by atoms with E-state index in [1.165, 1.54) is 0 Å². The number of carbonyl (C=O) groups is 1. The molecule has 1 saturated carbocycles. The van der Waals surface area contributed by atoms with Gasteiger partial charge in [0, 0.05) is 11.6 Å². The Balaban J connectivity index is 0.000000653. The number of hydrogen-bond donors (Lipinski definition) is 1. The first-order valence-corrected chi connectivity index (χ1v) is 15.4. The van der Waals surface area contributed by atoms with Gasteiger partial charge in [-0.15, -0.1) is 0 Å². The predicted molar refractivity (Wildman–Crippen MR) is 175 cm³/mol. The minimum atomic E-state index is -2.94. The van der Waals surface area contributed by atoms with Crippen molar-refractivity contribution in [1.82, 2.24) is 14.7 Å². The zero-order chi connectivity index (χ0) is 30.1. The summed E-state index contributed by atoms with van der Waals surface area (Å²) in [6.07, 6.45) is 1.73. The van der Waals surface area contributed by atoms with Crippen LogP contribution >= 0.6 is 0 Å². The lowest BCUT2D eigenvalue weighted by molar-refractivity contribution is -0.158. The Morgan fingerprint density at radius 3 is 1.76 bits per heavy atom. The molecule has 9 heteroatoms. The number of ether oxygens (including phenoxy) is 2. The third kappa shape index (κ3) is 13.7. The minimum Gasteiger partial charge on any atom is -0.473 e. The molecule has 0 radical (unpaired) electrons. The van der Waals surface area contributed by atoms with Crippen molar-refractivity contribution in [2.45, 2.75) is 113 Å². The Bertz CT molecular complexity index is 1330. The molecule has 1 aliphatic carbocycles. The van der Waals surface area contributed by atoms with Crippen molar-refractivity contribution in [2.24, 2.45) is 5.92 Å². The molecule has 1 aliphatic rings. The second-order valence-corrected chi connectivity index (χ2v) is 13.6. The summed E-state index contributed by atoms with van der Waals surface area (Å²) in [5, 5.41) is -0.0881. The summed E-state index contributed by atoms with van der Waals surface area (Å²) in [6.45, 7) is 16.9. The fourth-order valence-corrected chi connectivity index (χ4v) is 4.90. The molecular weight excluding hydrogens is 550 g/mol. The van der Waals surface area contributed by atoms with Gasteiger partial charge >= 0.3 is 5.97 Å². The van der Waals surface area contributed by atoms with Crippen LogP contribution in [0.25, 0.3) is 22.3 Å². The molecular formula is C33H53N3O5S. The standard InChI is InChI=1S/C17H16N2O.C8H16O2.C6H13NO2S.2CH4/c1-12(2)20-17-16(13-8-4-3-5-9-13)18-14-10-6-7-11-15(14)19-17;1-6(2)7(9)10-8(3,4)5;1-5(2)7-10(8,9)6-3-4-6;;/h3-12H,1-2H3;6H,1-5H3;5-7H,3-4H2,1-2H3;2*1H4. The van der Waals surface area contributed by atoms with Crippen LogP contribution in [0.15, 0.2) is 54.6 Å². The van der Waals surface area contributed by atoms with Crippen LogP contribution in [0.4, 0.5) is 0 Å². The maximum Gasteiger partial charge on any atom is 0.308 e. The fourth-order valence-electron chi connectivity index (χ4n) is 3.30. The summed E-state index contributed by atoms with van der Waals surface area (Å²) in [4.78, 5) is 20.3. The molecule has 0 aliphatic heterocycles. The summed E-state index contributed by atoms with van der Waals surface area (Å²) in [7, 11) is -2.94. The molecule has 0 spiro atoms. The van der Waals surface area contributed by atoms with Gasteiger partial charge in [0.25, 0.3) is 0 Å². The van der Waals surface area contributed by atoms with Gasteiger partial charge < -0.3 is 9.47 Å². The van der Waals surface area contributed by atoms with E-state index in [1.807, 2.05) is 117 Å². The Labute approximate surface area is 254 Å². The smallest absolute Gasteiger partial charge is 0.308 e. The van der Waals surface area contributed by atoms with Gasteiger partial charge in [-0.1, -0.05) is 71.2 Å². The number of para-hydroxylation sites is 2. The molecule has 3 aromatic rings. The minimum absolute atomic E-state index is 0. The monoisotopic (exact) mass is 603 g/mol. The van der Waals surface area contributed by atoms with Gasteiger partial charge in [-0.05, 0) is 73.4 Å². The number of benzene rings is 2. The van der Waals surface area contributed by atoms with Crippen LogP contribution in [0.5, 0.6) is 5.88 Å². The highest BCUT2D eigenvalue weighted by Crippen LogP contribution is 2.29. The van der Waals surface area contributed by atoms with Crippen molar-refractivity contribution in [3.63, 3.8) is 0 Å². The first kappa shape index (κ1) is 39.0. The van der Waals surface area contributed by atoms with Crippen LogP contribution in [-0.4, -0.2) is 47.4 Å². The Morgan fingerprint density at radius 1 is 0.857 bits per heavy atom. The van der Waals surface area contributed by atoms with E-state index in [1.54, 1.807) is 0 Å². The second-order valence-electron chi connectivity index (χ2n) is 11.6. The van der Waals surface area contributed by atoms with Crippen LogP contribution in [-0.2, 0) is 19.6 Å². The summed E-state index contributed by atoms with van der Waals surface area (Å²) >= 11 is 0. The number of sulfonamides is 1. The summed E-state index contributed by atoms with van der Waals surface area (Å²) in [6, 6.07) is 17.9. The highest BCUT2D eigenvalue weighted by molar-refractivity contribution is 7.90. The molecule has 1 fully saturated rings. The second kappa shape index (κ2) is 17.2. The first-order valence-electron chi connectivity index (χ1n) is 13.8.